The molecule has 1 aromatic carbocycles. The Kier molecular flexibility index (Phi) is 2.56. The molecule has 3 nitrogen and oxygen atoms in total. The summed E-state index contributed by atoms with van der Waals surface area (Å²) in [7, 11) is 0. The van der Waals surface area contributed by atoms with Gasteiger partial charge in [0.05, 0.1) is 6.61 Å². The minimum absolute atomic E-state index is 0.473. The molecule has 1 atom stereocenters. The summed E-state index contributed by atoms with van der Waals surface area (Å²) in [5.74, 6) is -0.923. The molecule has 0 aliphatic carbocycles. The number of halogens is 1. The van der Waals surface area contributed by atoms with Crippen LogP contribution in [0.3, 0.4) is 0 Å². The lowest BCUT2D eigenvalue weighted by molar-refractivity contribution is -0.151. The summed E-state index contributed by atoms with van der Waals surface area (Å²) in [5.41, 5.74) is 1.82. The van der Waals surface area contributed by atoms with E-state index in [0.717, 1.165) is 22.0 Å². The summed E-state index contributed by atoms with van der Waals surface area (Å²) in [6.45, 7) is 0.473. The largest absolute Gasteiger partial charge is 0.479 e. The van der Waals surface area contributed by atoms with Gasteiger partial charge in [-0.3, -0.25) is 0 Å². The third-order valence-electron chi connectivity index (χ3n) is 2.27. The molecule has 1 heterocycles. The summed E-state index contributed by atoms with van der Waals surface area (Å²) in [6.07, 6.45) is -0.0229. The second kappa shape index (κ2) is 3.71. The third kappa shape index (κ3) is 1.67. The van der Waals surface area contributed by atoms with Gasteiger partial charge in [0.1, 0.15) is 0 Å². The summed E-state index contributed by atoms with van der Waals surface area (Å²) >= 11 is 3.36. The molecule has 2 rings (SSSR count). The van der Waals surface area contributed by atoms with Crippen LogP contribution >= 0.6 is 15.9 Å². The van der Waals surface area contributed by atoms with Crippen molar-refractivity contribution in [3.8, 4) is 0 Å². The van der Waals surface area contributed by atoms with Crippen molar-refractivity contribution in [1.29, 1.82) is 0 Å². The van der Waals surface area contributed by atoms with Gasteiger partial charge in [-0.15, -0.1) is 0 Å². The fourth-order valence-electron chi connectivity index (χ4n) is 1.63. The molecule has 0 amide bonds. The minimum Gasteiger partial charge on any atom is -0.479 e. The lowest BCUT2D eigenvalue weighted by Crippen LogP contribution is -2.22. The average Bonchev–Trinajstić information content (AvgIpc) is 2.16. The highest BCUT2D eigenvalue weighted by atomic mass is 79.9. The van der Waals surface area contributed by atoms with Gasteiger partial charge in [0.2, 0.25) is 0 Å². The van der Waals surface area contributed by atoms with Crippen LogP contribution in [-0.4, -0.2) is 17.7 Å². The van der Waals surface area contributed by atoms with Crippen LogP contribution in [0.4, 0.5) is 0 Å². The van der Waals surface area contributed by atoms with Crippen molar-refractivity contribution in [1.82, 2.24) is 0 Å². The quantitative estimate of drug-likeness (QED) is 0.838. The number of ether oxygens (including phenoxy) is 1. The molecule has 4 heteroatoms. The lowest BCUT2D eigenvalue weighted by Gasteiger charge is -2.22. The summed E-state index contributed by atoms with van der Waals surface area (Å²) < 4.78 is 6.17. The van der Waals surface area contributed by atoms with Crippen LogP contribution in [0, 0.1) is 0 Å². The van der Waals surface area contributed by atoms with E-state index < -0.39 is 12.1 Å². The van der Waals surface area contributed by atoms with Crippen LogP contribution in [0.15, 0.2) is 22.7 Å². The van der Waals surface area contributed by atoms with Gasteiger partial charge in [0.15, 0.2) is 6.10 Å². The van der Waals surface area contributed by atoms with Crippen LogP contribution in [0.1, 0.15) is 17.2 Å². The fraction of sp³-hybridized carbons (Fsp3) is 0.300. The number of aliphatic carboxylic acids is 1. The number of hydrogen-bond donors (Lipinski definition) is 1. The van der Waals surface area contributed by atoms with Gasteiger partial charge < -0.3 is 9.84 Å². The van der Waals surface area contributed by atoms with Gasteiger partial charge in [-0.05, 0) is 29.7 Å². The molecule has 14 heavy (non-hydrogen) atoms. The van der Waals surface area contributed by atoms with Gasteiger partial charge in [-0.25, -0.2) is 4.79 Å². The molecule has 0 saturated carbocycles. The maximum absolute atomic E-state index is 10.9. The number of benzene rings is 1. The predicted molar refractivity (Wildman–Crippen MR) is 54.2 cm³/mol. The van der Waals surface area contributed by atoms with E-state index in [0.29, 0.717) is 6.61 Å². The SMILES string of the molecule is O=C(O)C1OCCc2cc(Br)ccc21. The number of hydrogen-bond acceptors (Lipinski definition) is 2. The Labute approximate surface area is 89.8 Å². The second-order valence-electron chi connectivity index (χ2n) is 3.18. The number of rotatable bonds is 1. The van der Waals surface area contributed by atoms with Crippen LogP contribution in [0.2, 0.25) is 0 Å². The summed E-state index contributed by atoms with van der Waals surface area (Å²) in [4.78, 5) is 10.9. The topological polar surface area (TPSA) is 46.5 Å². The average molecular weight is 257 g/mol. The van der Waals surface area contributed by atoms with E-state index in [1.54, 1.807) is 6.07 Å². The number of fused-ring (bicyclic) bond motifs is 1. The Morgan fingerprint density at radius 1 is 1.57 bits per heavy atom. The van der Waals surface area contributed by atoms with Gasteiger partial charge in [0, 0.05) is 4.47 Å². The Morgan fingerprint density at radius 3 is 3.07 bits per heavy atom. The molecule has 0 fully saturated rings. The van der Waals surface area contributed by atoms with E-state index >= 15 is 0 Å². The van der Waals surface area contributed by atoms with Crippen molar-refractivity contribution in [3.63, 3.8) is 0 Å². The van der Waals surface area contributed by atoms with Crippen molar-refractivity contribution >= 4 is 21.9 Å². The molecule has 0 saturated heterocycles. The predicted octanol–water partition coefficient (Wildman–Crippen LogP) is 2.15. The molecule has 1 unspecified atom stereocenters. The van der Waals surface area contributed by atoms with Gasteiger partial charge >= 0.3 is 5.97 Å². The van der Waals surface area contributed by atoms with Crippen LogP contribution in [-0.2, 0) is 16.0 Å². The van der Waals surface area contributed by atoms with Gasteiger partial charge in [-0.2, -0.15) is 0 Å². The molecular formula is C10H9BrO3. The van der Waals surface area contributed by atoms with Crippen molar-refractivity contribution in [2.24, 2.45) is 0 Å². The fourth-order valence-corrected chi connectivity index (χ4v) is 2.04. The monoisotopic (exact) mass is 256 g/mol. The highest BCUT2D eigenvalue weighted by Gasteiger charge is 2.26. The molecule has 1 aliphatic heterocycles. The summed E-state index contributed by atoms with van der Waals surface area (Å²) in [6, 6.07) is 5.59. The number of carboxylic acid groups (broad SMARTS) is 1. The maximum Gasteiger partial charge on any atom is 0.337 e. The van der Waals surface area contributed by atoms with E-state index in [2.05, 4.69) is 15.9 Å². The van der Waals surface area contributed by atoms with Crippen LogP contribution in [0.25, 0.3) is 0 Å². The van der Waals surface area contributed by atoms with E-state index in [1.165, 1.54) is 0 Å². The van der Waals surface area contributed by atoms with Crippen LogP contribution < -0.4 is 0 Å². The standard InChI is InChI=1S/C10H9BrO3/c11-7-1-2-8-6(5-7)3-4-14-9(8)10(12)13/h1-2,5,9H,3-4H2,(H,12,13). The molecular weight excluding hydrogens is 248 g/mol. The molecule has 1 aromatic rings. The number of carboxylic acids is 1. The van der Waals surface area contributed by atoms with Crippen molar-refractivity contribution in [2.75, 3.05) is 6.61 Å². The molecule has 1 N–H and O–H groups in total. The number of carbonyl (C=O) groups is 1. The lowest BCUT2D eigenvalue weighted by atomic mass is 9.98. The first-order valence-electron chi connectivity index (χ1n) is 4.31. The zero-order chi connectivity index (χ0) is 10.1. The van der Waals surface area contributed by atoms with E-state index in [1.807, 2.05) is 12.1 Å². The molecule has 0 bridgehead atoms. The first-order valence-corrected chi connectivity index (χ1v) is 5.10. The van der Waals surface area contributed by atoms with Crippen molar-refractivity contribution < 1.29 is 14.6 Å². The highest BCUT2D eigenvalue weighted by Crippen LogP contribution is 2.29. The Hall–Kier alpha value is -0.870. The first kappa shape index (κ1) is 9.68. The first-order chi connectivity index (χ1) is 6.68. The van der Waals surface area contributed by atoms with Gasteiger partial charge in [0.25, 0.3) is 0 Å². The zero-order valence-corrected chi connectivity index (χ0v) is 8.95. The van der Waals surface area contributed by atoms with Crippen molar-refractivity contribution in [3.05, 3.63) is 33.8 Å². The molecule has 0 spiro atoms. The smallest absolute Gasteiger partial charge is 0.337 e. The zero-order valence-electron chi connectivity index (χ0n) is 7.37. The van der Waals surface area contributed by atoms with Gasteiger partial charge in [-0.1, -0.05) is 22.0 Å². The molecule has 74 valence electrons. The summed E-state index contributed by atoms with van der Waals surface area (Å²) in [5, 5.41) is 8.92. The second-order valence-corrected chi connectivity index (χ2v) is 4.10. The highest BCUT2D eigenvalue weighted by molar-refractivity contribution is 9.10. The minimum atomic E-state index is -0.923. The Bertz CT molecular complexity index is 376. The Morgan fingerprint density at radius 2 is 2.36 bits per heavy atom. The Balaban J connectivity index is 2.44. The van der Waals surface area contributed by atoms with E-state index in [9.17, 15) is 4.79 Å². The molecule has 0 radical (unpaired) electrons. The van der Waals surface area contributed by atoms with E-state index in [-0.39, 0.29) is 0 Å². The van der Waals surface area contributed by atoms with Crippen LogP contribution in [0.5, 0.6) is 0 Å². The van der Waals surface area contributed by atoms with E-state index in [4.69, 9.17) is 9.84 Å². The maximum atomic E-state index is 10.9. The third-order valence-corrected chi connectivity index (χ3v) is 2.76. The van der Waals surface area contributed by atoms with Crippen molar-refractivity contribution in [2.45, 2.75) is 12.5 Å². The molecule has 0 aromatic heterocycles. The molecule has 1 aliphatic rings. The normalized spacial score (nSPS) is 20.2.